The van der Waals surface area contributed by atoms with Crippen molar-refractivity contribution in [3.63, 3.8) is 0 Å². The van der Waals surface area contributed by atoms with Gasteiger partial charge in [-0.1, -0.05) is 25.0 Å². The minimum Gasteiger partial charge on any atom is -0.507 e. The topological polar surface area (TPSA) is 82.1 Å². The Morgan fingerprint density at radius 3 is 2.74 bits per heavy atom. The minimum absolute atomic E-state index is 0.0852. The molecule has 0 saturated carbocycles. The highest BCUT2D eigenvalue weighted by Crippen LogP contribution is 2.42. The van der Waals surface area contributed by atoms with E-state index in [4.69, 9.17) is 14.2 Å². The molecule has 1 aliphatic heterocycles. The first-order valence-electron chi connectivity index (χ1n) is 9.30. The van der Waals surface area contributed by atoms with Crippen LogP contribution < -0.4 is 4.74 Å². The maximum atomic E-state index is 11.9. The smallest absolute Gasteiger partial charge is 0.342 e. The SMILES string of the molecule is CCCCOC(=O)CCC(C)=CCc1c(O)c2c(c(C)c1OC)COC2=O. The third-order valence-corrected chi connectivity index (χ3v) is 4.79. The van der Waals surface area contributed by atoms with Gasteiger partial charge in [-0.2, -0.15) is 0 Å². The lowest BCUT2D eigenvalue weighted by Crippen LogP contribution is -2.05. The molecule has 27 heavy (non-hydrogen) atoms. The molecular formula is C21H28O6. The lowest BCUT2D eigenvalue weighted by Gasteiger charge is -2.15. The molecule has 0 aromatic heterocycles. The number of ether oxygens (including phenoxy) is 3. The van der Waals surface area contributed by atoms with Crippen molar-refractivity contribution in [2.24, 2.45) is 0 Å². The molecule has 6 nitrogen and oxygen atoms in total. The van der Waals surface area contributed by atoms with Crippen molar-refractivity contribution < 1.29 is 28.9 Å². The van der Waals surface area contributed by atoms with E-state index in [9.17, 15) is 14.7 Å². The zero-order chi connectivity index (χ0) is 20.0. The molecule has 0 aliphatic carbocycles. The normalized spacial score (nSPS) is 13.3. The Hall–Kier alpha value is -2.50. The Kier molecular flexibility index (Phi) is 7.28. The van der Waals surface area contributed by atoms with Crippen LogP contribution in [0.25, 0.3) is 0 Å². The van der Waals surface area contributed by atoms with Crippen molar-refractivity contribution in [1.29, 1.82) is 0 Å². The summed E-state index contributed by atoms with van der Waals surface area (Å²) in [6, 6.07) is 0. The van der Waals surface area contributed by atoms with Gasteiger partial charge in [-0.25, -0.2) is 4.79 Å². The number of cyclic esters (lactones) is 1. The number of aromatic hydroxyl groups is 1. The zero-order valence-electron chi connectivity index (χ0n) is 16.5. The summed E-state index contributed by atoms with van der Waals surface area (Å²) in [7, 11) is 1.54. The number of phenols is 1. The van der Waals surface area contributed by atoms with Gasteiger partial charge >= 0.3 is 11.9 Å². The number of allylic oxidation sites excluding steroid dienone is 2. The van der Waals surface area contributed by atoms with E-state index >= 15 is 0 Å². The Bertz CT molecular complexity index is 748. The molecular weight excluding hydrogens is 348 g/mol. The van der Waals surface area contributed by atoms with E-state index in [1.165, 1.54) is 7.11 Å². The summed E-state index contributed by atoms with van der Waals surface area (Å²) >= 11 is 0. The van der Waals surface area contributed by atoms with Gasteiger partial charge in [0.1, 0.15) is 23.7 Å². The fourth-order valence-electron chi connectivity index (χ4n) is 3.11. The van der Waals surface area contributed by atoms with Gasteiger partial charge in [-0.3, -0.25) is 4.79 Å². The van der Waals surface area contributed by atoms with Gasteiger partial charge in [-0.15, -0.1) is 0 Å². The lowest BCUT2D eigenvalue weighted by molar-refractivity contribution is -0.143. The minimum atomic E-state index is -0.509. The molecule has 1 aromatic rings. The number of hydrogen-bond donors (Lipinski definition) is 1. The zero-order valence-corrected chi connectivity index (χ0v) is 16.5. The highest BCUT2D eigenvalue weighted by molar-refractivity contribution is 5.98. The van der Waals surface area contributed by atoms with E-state index in [1.54, 1.807) is 0 Å². The van der Waals surface area contributed by atoms with Crippen LogP contribution in [0.2, 0.25) is 0 Å². The molecule has 0 bridgehead atoms. The van der Waals surface area contributed by atoms with Crippen LogP contribution >= 0.6 is 0 Å². The van der Waals surface area contributed by atoms with Crippen LogP contribution in [0.4, 0.5) is 0 Å². The first-order valence-corrected chi connectivity index (χ1v) is 9.30. The van der Waals surface area contributed by atoms with Crippen molar-refractivity contribution in [3.8, 4) is 11.5 Å². The van der Waals surface area contributed by atoms with Crippen molar-refractivity contribution in [2.45, 2.75) is 59.5 Å². The third-order valence-electron chi connectivity index (χ3n) is 4.79. The van der Waals surface area contributed by atoms with E-state index in [0.717, 1.165) is 24.0 Å². The number of unbranched alkanes of at least 4 members (excludes halogenated alkanes) is 1. The van der Waals surface area contributed by atoms with Crippen molar-refractivity contribution in [3.05, 3.63) is 33.9 Å². The molecule has 0 saturated heterocycles. The Labute approximate surface area is 160 Å². The molecule has 0 unspecified atom stereocenters. The van der Waals surface area contributed by atoms with Gasteiger partial charge in [0.15, 0.2) is 0 Å². The Morgan fingerprint density at radius 2 is 2.07 bits per heavy atom. The van der Waals surface area contributed by atoms with Crippen molar-refractivity contribution in [2.75, 3.05) is 13.7 Å². The summed E-state index contributed by atoms with van der Waals surface area (Å²) in [6.07, 6.45) is 5.10. The summed E-state index contributed by atoms with van der Waals surface area (Å²) in [6.45, 7) is 6.44. The number of rotatable bonds is 9. The van der Waals surface area contributed by atoms with E-state index in [2.05, 4.69) is 0 Å². The van der Waals surface area contributed by atoms with Gasteiger partial charge in [0.05, 0.1) is 13.7 Å². The van der Waals surface area contributed by atoms with Gasteiger partial charge in [-0.05, 0) is 38.7 Å². The van der Waals surface area contributed by atoms with Crippen LogP contribution in [-0.4, -0.2) is 30.8 Å². The second kappa shape index (κ2) is 9.44. The maximum absolute atomic E-state index is 11.9. The van der Waals surface area contributed by atoms with Crippen LogP contribution in [-0.2, 0) is 27.3 Å². The number of fused-ring (bicyclic) bond motifs is 1. The summed E-state index contributed by atoms with van der Waals surface area (Å²) in [4.78, 5) is 23.6. The van der Waals surface area contributed by atoms with Crippen LogP contribution in [0.15, 0.2) is 11.6 Å². The van der Waals surface area contributed by atoms with Gasteiger partial charge in [0, 0.05) is 17.5 Å². The number of esters is 2. The molecule has 1 heterocycles. The predicted molar refractivity (Wildman–Crippen MR) is 101 cm³/mol. The molecule has 1 aromatic carbocycles. The quantitative estimate of drug-likeness (QED) is 0.399. The van der Waals surface area contributed by atoms with Gasteiger partial charge in [0.2, 0.25) is 0 Å². The monoisotopic (exact) mass is 376 g/mol. The van der Waals surface area contributed by atoms with Crippen LogP contribution in [0.1, 0.15) is 66.6 Å². The summed E-state index contributed by atoms with van der Waals surface area (Å²) < 4.78 is 15.7. The maximum Gasteiger partial charge on any atom is 0.342 e. The van der Waals surface area contributed by atoms with Gasteiger partial charge < -0.3 is 19.3 Å². The molecule has 0 fully saturated rings. The second-order valence-corrected chi connectivity index (χ2v) is 6.74. The predicted octanol–water partition coefficient (Wildman–Crippen LogP) is 3.99. The lowest BCUT2D eigenvalue weighted by atomic mass is 9.94. The first kappa shape index (κ1) is 20.8. The molecule has 0 amide bonds. The standard InChI is InChI=1S/C21H28O6/c1-5-6-11-26-17(22)10-8-13(2)7-9-15-19(23)18-16(12-27-21(18)24)14(3)20(15)25-4/h7,23H,5-6,8-12H2,1-4H3. The van der Waals surface area contributed by atoms with E-state index in [1.807, 2.05) is 26.8 Å². The first-order chi connectivity index (χ1) is 12.9. The van der Waals surface area contributed by atoms with E-state index < -0.39 is 5.97 Å². The number of methoxy groups -OCH3 is 1. The largest absolute Gasteiger partial charge is 0.507 e. The Morgan fingerprint density at radius 1 is 1.33 bits per heavy atom. The highest BCUT2D eigenvalue weighted by atomic mass is 16.5. The van der Waals surface area contributed by atoms with Crippen LogP contribution in [0, 0.1) is 6.92 Å². The molecule has 1 aliphatic rings. The fourth-order valence-corrected chi connectivity index (χ4v) is 3.11. The summed E-state index contributed by atoms with van der Waals surface area (Å²) in [5.74, 6) is -0.233. The number of hydrogen-bond acceptors (Lipinski definition) is 6. The molecule has 148 valence electrons. The fraction of sp³-hybridized carbons (Fsp3) is 0.524. The molecule has 2 rings (SSSR count). The van der Waals surface area contributed by atoms with E-state index in [-0.39, 0.29) is 23.9 Å². The molecule has 0 atom stereocenters. The van der Waals surface area contributed by atoms with Gasteiger partial charge in [0.25, 0.3) is 0 Å². The molecule has 6 heteroatoms. The molecule has 0 spiro atoms. The van der Waals surface area contributed by atoms with Crippen molar-refractivity contribution in [1.82, 2.24) is 0 Å². The summed E-state index contributed by atoms with van der Waals surface area (Å²) in [5.41, 5.74) is 3.27. The third kappa shape index (κ3) is 4.81. The van der Waals surface area contributed by atoms with Crippen LogP contribution in [0.3, 0.4) is 0 Å². The Balaban J connectivity index is 2.09. The molecule has 0 radical (unpaired) electrons. The number of carbonyl (C=O) groups excluding carboxylic acids is 2. The summed E-state index contributed by atoms with van der Waals surface area (Å²) in [5, 5.41) is 10.6. The number of phenolic OH excluding ortho intramolecular Hbond substituents is 1. The molecule has 1 N–H and O–H groups in total. The van der Waals surface area contributed by atoms with E-state index in [0.29, 0.717) is 42.7 Å². The number of carbonyl (C=O) groups is 2. The van der Waals surface area contributed by atoms with Crippen LogP contribution in [0.5, 0.6) is 11.5 Å². The van der Waals surface area contributed by atoms with Crippen molar-refractivity contribution >= 4 is 11.9 Å². The average Bonchev–Trinajstić information content (AvgIpc) is 3.04. The average molecular weight is 376 g/mol. The second-order valence-electron chi connectivity index (χ2n) is 6.74. The highest BCUT2D eigenvalue weighted by Gasteiger charge is 2.31. The number of benzene rings is 1.